The Morgan fingerprint density at radius 2 is 1.73 bits per heavy atom. The fourth-order valence-corrected chi connectivity index (χ4v) is 6.65. The minimum atomic E-state index is -2.60. The van der Waals surface area contributed by atoms with Crippen molar-refractivity contribution in [2.45, 2.75) is 44.9 Å². The zero-order valence-corrected chi connectivity index (χ0v) is 23.0. The largest absolute Gasteiger partial charge is 0.510 e. The molecule has 10 nitrogen and oxygen atoms in total. The number of likely N-dealkylation sites (N-methyl/N-ethyl adjacent to an activating group) is 1. The van der Waals surface area contributed by atoms with Crippen LogP contribution in [0, 0.1) is 11.8 Å². The number of carbonyl (C=O) groups excluding carboxylic acids is 4. The molecule has 0 radical (unpaired) electrons. The average Bonchev–Trinajstić information content (AvgIpc) is 2.86. The highest BCUT2D eigenvalue weighted by Gasteiger charge is 2.63. The fraction of sp³-hybridized carbons (Fsp3) is 0.400. The second-order valence-electron chi connectivity index (χ2n) is 11.3. The van der Waals surface area contributed by atoms with Gasteiger partial charge in [-0.1, -0.05) is 18.2 Å². The maximum Gasteiger partial charge on any atom is 0.219 e. The van der Waals surface area contributed by atoms with Gasteiger partial charge in [0.2, 0.25) is 11.7 Å². The zero-order chi connectivity index (χ0) is 29.4. The number of rotatable bonds is 4. The number of phenolic OH excluding ortho intramolecular Hbond substituents is 1. The number of aromatic hydroxyl groups is 1. The van der Waals surface area contributed by atoms with E-state index in [9.17, 15) is 39.6 Å². The number of aliphatic hydroxyl groups is 3. The van der Waals surface area contributed by atoms with Crippen LogP contribution in [0.15, 0.2) is 46.9 Å². The number of phenols is 1. The second kappa shape index (κ2) is 9.28. The van der Waals surface area contributed by atoms with Gasteiger partial charge in [0.25, 0.3) is 0 Å². The molecule has 2 aromatic carbocycles. The maximum atomic E-state index is 13.9. The lowest BCUT2D eigenvalue weighted by Crippen LogP contribution is -2.63. The molecular formula is C30H32N2O8. The van der Waals surface area contributed by atoms with Gasteiger partial charge in [0.15, 0.2) is 17.2 Å². The summed E-state index contributed by atoms with van der Waals surface area (Å²) in [5, 5.41) is 46.5. The summed E-state index contributed by atoms with van der Waals surface area (Å²) in [6.07, 6.45) is 0.309. The number of aliphatic hydroxyl groups excluding tert-OH is 2. The monoisotopic (exact) mass is 548 g/mol. The summed E-state index contributed by atoms with van der Waals surface area (Å²) in [5.41, 5.74) is -2.11. The van der Waals surface area contributed by atoms with Crippen LogP contribution in [0.25, 0.3) is 10.8 Å². The molecule has 0 aromatic heterocycles. The minimum Gasteiger partial charge on any atom is -0.510 e. The van der Waals surface area contributed by atoms with Gasteiger partial charge in [-0.15, -0.1) is 0 Å². The number of benzene rings is 2. The van der Waals surface area contributed by atoms with Gasteiger partial charge in [0.05, 0.1) is 11.6 Å². The van der Waals surface area contributed by atoms with Gasteiger partial charge in [-0.2, -0.15) is 0 Å². The average molecular weight is 549 g/mol. The molecule has 3 aliphatic rings. The quantitative estimate of drug-likeness (QED) is 0.421. The lowest BCUT2D eigenvalue weighted by atomic mass is 9.58. The molecule has 1 amide bonds. The van der Waals surface area contributed by atoms with E-state index >= 15 is 0 Å². The molecule has 4 N–H and O–H groups in total. The Kier molecular flexibility index (Phi) is 6.39. The van der Waals surface area contributed by atoms with Crippen LogP contribution in [-0.4, -0.2) is 86.3 Å². The first-order chi connectivity index (χ1) is 18.7. The van der Waals surface area contributed by atoms with E-state index in [0.717, 1.165) is 12.5 Å². The van der Waals surface area contributed by atoms with Crippen LogP contribution in [0.1, 0.15) is 41.8 Å². The summed E-state index contributed by atoms with van der Waals surface area (Å²) in [6.45, 7) is 2.83. The van der Waals surface area contributed by atoms with E-state index in [2.05, 4.69) is 0 Å². The lowest BCUT2D eigenvalue weighted by molar-refractivity contribution is -0.148. The molecule has 4 atom stereocenters. The van der Waals surface area contributed by atoms with E-state index in [-0.39, 0.29) is 35.6 Å². The molecule has 0 bridgehead atoms. The van der Waals surface area contributed by atoms with Crippen molar-refractivity contribution in [1.82, 2.24) is 9.80 Å². The van der Waals surface area contributed by atoms with Crippen molar-refractivity contribution in [2.24, 2.45) is 11.8 Å². The van der Waals surface area contributed by atoms with Crippen molar-refractivity contribution in [3.8, 4) is 5.75 Å². The summed E-state index contributed by atoms with van der Waals surface area (Å²) in [7, 11) is 4.90. The smallest absolute Gasteiger partial charge is 0.219 e. The number of nitrogens with zero attached hydrogens (tertiary/aromatic N) is 2. The van der Waals surface area contributed by atoms with Crippen LogP contribution in [0.2, 0.25) is 0 Å². The van der Waals surface area contributed by atoms with Gasteiger partial charge >= 0.3 is 0 Å². The maximum absolute atomic E-state index is 13.9. The molecule has 0 aliphatic heterocycles. The predicted octanol–water partition coefficient (Wildman–Crippen LogP) is 2.36. The van der Waals surface area contributed by atoms with Crippen LogP contribution in [0.5, 0.6) is 5.75 Å². The lowest BCUT2D eigenvalue weighted by Gasteiger charge is -2.50. The van der Waals surface area contributed by atoms with Gasteiger partial charge in [-0.3, -0.25) is 24.1 Å². The summed E-state index contributed by atoms with van der Waals surface area (Å²) in [4.78, 5) is 54.5. The molecule has 5 rings (SSSR count). The Morgan fingerprint density at radius 1 is 1.05 bits per heavy atom. The van der Waals surface area contributed by atoms with E-state index in [1.165, 1.54) is 11.8 Å². The standard InChI is InChI=1S/C30H32N2O8/c1-13(33)21-27(37)24(31(3)4)20-11-18-10-17-9-16-7-6-15(12-32(5)14(2)34)8-19(16)25(35)22(17)26(36)23(18)29(39)30(20,40)28(21)38/h6-9,18,20,24,35,37,39-40H,10-12H2,1-5H3/t18-,20-,24-,30+/m0/s1. The molecule has 0 unspecified atom stereocenters. The zero-order valence-electron chi connectivity index (χ0n) is 23.0. The molecule has 40 heavy (non-hydrogen) atoms. The number of allylic oxidation sites excluding steroid dienone is 1. The van der Waals surface area contributed by atoms with Crippen molar-refractivity contribution in [2.75, 3.05) is 21.1 Å². The first-order valence-corrected chi connectivity index (χ1v) is 13.0. The number of Topliss-reactive ketones (excluding diaryl/α,β-unsaturated/α-hetero) is 3. The molecule has 0 fully saturated rings. The number of amides is 1. The Labute approximate surface area is 230 Å². The van der Waals surface area contributed by atoms with E-state index in [1.807, 2.05) is 6.07 Å². The second-order valence-corrected chi connectivity index (χ2v) is 11.3. The third-order valence-electron chi connectivity index (χ3n) is 8.65. The Morgan fingerprint density at radius 3 is 2.33 bits per heavy atom. The molecule has 0 saturated carbocycles. The van der Waals surface area contributed by atoms with Crippen LogP contribution in [0.4, 0.5) is 0 Å². The molecule has 0 spiro atoms. The molecule has 3 aliphatic carbocycles. The van der Waals surface area contributed by atoms with Crippen LogP contribution >= 0.6 is 0 Å². The first kappa shape index (κ1) is 27.5. The molecule has 2 aromatic rings. The van der Waals surface area contributed by atoms with Crippen molar-refractivity contribution >= 4 is 34.0 Å². The predicted molar refractivity (Wildman–Crippen MR) is 145 cm³/mol. The normalized spacial score (nSPS) is 26.1. The number of hydrogen-bond donors (Lipinski definition) is 4. The molecule has 210 valence electrons. The Hall–Kier alpha value is -4.02. The van der Waals surface area contributed by atoms with E-state index in [0.29, 0.717) is 22.9 Å². The van der Waals surface area contributed by atoms with E-state index < -0.39 is 57.9 Å². The molecule has 10 heteroatoms. The van der Waals surface area contributed by atoms with Crippen LogP contribution in [-0.2, 0) is 27.3 Å². The summed E-state index contributed by atoms with van der Waals surface area (Å²) >= 11 is 0. The Bertz CT molecular complexity index is 1590. The van der Waals surface area contributed by atoms with Crippen LogP contribution < -0.4 is 0 Å². The van der Waals surface area contributed by atoms with Gasteiger partial charge < -0.3 is 25.3 Å². The molecule has 0 saturated heterocycles. The Balaban J connectivity index is 1.67. The molecular weight excluding hydrogens is 516 g/mol. The van der Waals surface area contributed by atoms with E-state index in [4.69, 9.17) is 0 Å². The highest BCUT2D eigenvalue weighted by atomic mass is 16.3. The number of carbonyl (C=O) groups is 4. The fourth-order valence-electron chi connectivity index (χ4n) is 6.65. The third-order valence-corrected chi connectivity index (χ3v) is 8.65. The van der Waals surface area contributed by atoms with Gasteiger partial charge in [0.1, 0.15) is 22.8 Å². The summed E-state index contributed by atoms with van der Waals surface area (Å²) in [6, 6.07) is 6.18. The number of fused-ring (bicyclic) bond motifs is 4. The van der Waals surface area contributed by atoms with Gasteiger partial charge in [-0.25, -0.2) is 0 Å². The van der Waals surface area contributed by atoms with Crippen molar-refractivity contribution in [3.63, 3.8) is 0 Å². The highest BCUT2D eigenvalue weighted by molar-refractivity contribution is 6.25. The van der Waals surface area contributed by atoms with E-state index in [1.54, 1.807) is 44.2 Å². The minimum absolute atomic E-state index is 0.0259. The SMILES string of the molecule is CC(=O)C1=C(O)[C@@H](N(C)C)[C@@H]2C[C@@H]3Cc4cc5ccc(CN(C)C(C)=O)cc5c(O)c4C(=O)C3=C(O)[C@]2(O)C1=O. The summed E-state index contributed by atoms with van der Waals surface area (Å²) < 4.78 is 0. The van der Waals surface area contributed by atoms with Gasteiger partial charge in [-0.05, 0) is 62.4 Å². The van der Waals surface area contributed by atoms with Crippen molar-refractivity contribution in [3.05, 3.63) is 63.6 Å². The van der Waals surface area contributed by atoms with Gasteiger partial charge in [0, 0.05) is 37.4 Å². The summed E-state index contributed by atoms with van der Waals surface area (Å²) in [5.74, 6) is -5.99. The highest BCUT2D eigenvalue weighted by Crippen LogP contribution is 2.52. The molecule has 0 heterocycles. The number of ketones is 3. The third kappa shape index (κ3) is 3.77. The topological polar surface area (TPSA) is 156 Å². The number of hydrogen-bond acceptors (Lipinski definition) is 9. The van der Waals surface area contributed by atoms with Crippen molar-refractivity contribution in [1.29, 1.82) is 0 Å². The van der Waals surface area contributed by atoms with Crippen molar-refractivity contribution < 1.29 is 39.6 Å². The first-order valence-electron chi connectivity index (χ1n) is 13.0. The van der Waals surface area contributed by atoms with Crippen LogP contribution in [0.3, 0.4) is 0 Å².